The molecule has 0 atom stereocenters. The number of halogens is 1. The van der Waals surface area contributed by atoms with Crippen LogP contribution in [0.1, 0.15) is 39.8 Å². The number of aromatic nitrogens is 4. The lowest BCUT2D eigenvalue weighted by molar-refractivity contribution is 0.102. The normalized spacial score (nSPS) is 13.9. The third-order valence-electron chi connectivity index (χ3n) is 3.80. The quantitative estimate of drug-likeness (QED) is 0.789. The molecule has 1 saturated carbocycles. The van der Waals surface area contributed by atoms with Crippen LogP contribution in [0.5, 0.6) is 0 Å². The predicted molar refractivity (Wildman–Crippen MR) is 88.1 cm³/mol. The Balaban J connectivity index is 1.68. The zero-order valence-corrected chi connectivity index (χ0v) is 13.7. The molecule has 122 valence electrons. The van der Waals surface area contributed by atoms with Crippen molar-refractivity contribution in [2.24, 2.45) is 0 Å². The van der Waals surface area contributed by atoms with Gasteiger partial charge in [0.1, 0.15) is 5.82 Å². The molecule has 1 aliphatic rings. The molecular weight excluding hydrogens is 329 g/mol. The number of carbonyl (C=O) groups is 1. The van der Waals surface area contributed by atoms with Gasteiger partial charge >= 0.3 is 0 Å². The smallest absolute Gasteiger partial charge is 0.279 e. The Morgan fingerprint density at radius 3 is 2.71 bits per heavy atom. The van der Waals surface area contributed by atoms with Crippen LogP contribution in [0, 0.1) is 12.7 Å². The van der Waals surface area contributed by atoms with E-state index in [1.54, 1.807) is 23.0 Å². The predicted octanol–water partition coefficient (Wildman–Crippen LogP) is 3.30. The minimum Gasteiger partial charge on any atom is -0.296 e. The van der Waals surface area contributed by atoms with E-state index in [1.807, 2.05) is 6.92 Å². The van der Waals surface area contributed by atoms with E-state index >= 15 is 0 Å². The van der Waals surface area contributed by atoms with Crippen LogP contribution in [0.15, 0.2) is 30.5 Å². The van der Waals surface area contributed by atoms with Crippen molar-refractivity contribution in [1.82, 2.24) is 20.0 Å². The average molecular weight is 343 g/mol. The number of nitrogens with one attached hydrogen (secondary N) is 1. The standard InChI is InChI=1S/C16H14FN5OS/c1-9-8-18-16(24-9)19-15(23)13-14(10-2-3-10)22(21-20-13)12-6-4-11(17)5-7-12/h4-8,10H,2-3H2,1H3,(H,18,19,23). The third-order valence-corrected chi connectivity index (χ3v) is 4.63. The molecule has 3 aromatic rings. The lowest BCUT2D eigenvalue weighted by Crippen LogP contribution is -2.15. The van der Waals surface area contributed by atoms with Crippen molar-refractivity contribution >= 4 is 22.4 Å². The van der Waals surface area contributed by atoms with Crippen LogP contribution in [0.25, 0.3) is 5.69 Å². The summed E-state index contributed by atoms with van der Waals surface area (Å²) in [5.41, 5.74) is 1.76. The van der Waals surface area contributed by atoms with Gasteiger partial charge in [-0.15, -0.1) is 16.4 Å². The van der Waals surface area contributed by atoms with Gasteiger partial charge in [0.25, 0.3) is 5.91 Å². The molecule has 1 amide bonds. The van der Waals surface area contributed by atoms with Crippen LogP contribution in [0.2, 0.25) is 0 Å². The number of thiazole rings is 1. The van der Waals surface area contributed by atoms with E-state index in [1.165, 1.54) is 23.5 Å². The molecular formula is C16H14FN5OS. The van der Waals surface area contributed by atoms with Crippen molar-refractivity contribution in [2.45, 2.75) is 25.7 Å². The summed E-state index contributed by atoms with van der Waals surface area (Å²) in [4.78, 5) is 17.7. The van der Waals surface area contributed by atoms with Crippen LogP contribution in [-0.2, 0) is 0 Å². The monoisotopic (exact) mass is 343 g/mol. The fraction of sp³-hybridized carbons (Fsp3) is 0.250. The number of carbonyl (C=O) groups excluding carboxylic acids is 1. The number of benzene rings is 1. The van der Waals surface area contributed by atoms with Crippen LogP contribution >= 0.6 is 11.3 Å². The molecule has 0 bridgehead atoms. The van der Waals surface area contributed by atoms with Crippen molar-refractivity contribution in [1.29, 1.82) is 0 Å². The maximum atomic E-state index is 13.1. The van der Waals surface area contributed by atoms with E-state index in [0.717, 1.165) is 23.4 Å². The van der Waals surface area contributed by atoms with E-state index in [4.69, 9.17) is 0 Å². The van der Waals surface area contributed by atoms with Gasteiger partial charge in [-0.1, -0.05) is 5.21 Å². The molecule has 0 aliphatic heterocycles. The highest BCUT2D eigenvalue weighted by molar-refractivity contribution is 7.15. The SMILES string of the molecule is Cc1cnc(NC(=O)c2nnn(-c3ccc(F)cc3)c2C2CC2)s1. The molecule has 24 heavy (non-hydrogen) atoms. The Morgan fingerprint density at radius 2 is 2.08 bits per heavy atom. The summed E-state index contributed by atoms with van der Waals surface area (Å²) in [5, 5.41) is 11.5. The lowest BCUT2D eigenvalue weighted by Gasteiger charge is -2.07. The molecule has 4 rings (SSSR count). The second-order valence-electron chi connectivity index (χ2n) is 5.72. The van der Waals surface area contributed by atoms with Crippen molar-refractivity contribution in [3.8, 4) is 5.69 Å². The van der Waals surface area contributed by atoms with Gasteiger partial charge < -0.3 is 0 Å². The van der Waals surface area contributed by atoms with E-state index in [0.29, 0.717) is 16.5 Å². The molecule has 1 fully saturated rings. The second-order valence-corrected chi connectivity index (χ2v) is 6.95. The van der Waals surface area contributed by atoms with E-state index in [9.17, 15) is 9.18 Å². The minimum absolute atomic E-state index is 0.254. The highest BCUT2D eigenvalue weighted by atomic mass is 32.1. The molecule has 0 radical (unpaired) electrons. The molecule has 0 unspecified atom stereocenters. The maximum absolute atomic E-state index is 13.1. The van der Waals surface area contributed by atoms with Gasteiger partial charge in [-0.05, 0) is 44.0 Å². The van der Waals surface area contributed by atoms with Crippen molar-refractivity contribution < 1.29 is 9.18 Å². The van der Waals surface area contributed by atoms with Gasteiger partial charge in [-0.2, -0.15) is 0 Å². The summed E-state index contributed by atoms with van der Waals surface area (Å²) in [6.45, 7) is 1.92. The van der Waals surface area contributed by atoms with Crippen molar-refractivity contribution in [3.63, 3.8) is 0 Å². The topological polar surface area (TPSA) is 72.7 Å². The van der Waals surface area contributed by atoms with E-state index in [-0.39, 0.29) is 17.6 Å². The summed E-state index contributed by atoms with van der Waals surface area (Å²) < 4.78 is 14.8. The fourth-order valence-corrected chi connectivity index (χ4v) is 3.18. The first-order chi connectivity index (χ1) is 11.6. The van der Waals surface area contributed by atoms with Crippen molar-refractivity contribution in [2.75, 3.05) is 5.32 Å². The summed E-state index contributed by atoms with van der Waals surface area (Å²) in [5.74, 6) is -0.382. The summed E-state index contributed by atoms with van der Waals surface area (Å²) in [7, 11) is 0. The number of anilines is 1. The van der Waals surface area contributed by atoms with Gasteiger partial charge in [0.15, 0.2) is 10.8 Å². The van der Waals surface area contributed by atoms with Gasteiger partial charge in [-0.25, -0.2) is 14.1 Å². The van der Waals surface area contributed by atoms with Gasteiger partial charge in [-0.3, -0.25) is 10.1 Å². The number of aryl methyl sites for hydroxylation is 1. The van der Waals surface area contributed by atoms with Crippen molar-refractivity contribution in [3.05, 3.63) is 52.5 Å². The van der Waals surface area contributed by atoms with E-state index < -0.39 is 0 Å². The first-order valence-electron chi connectivity index (χ1n) is 7.57. The molecule has 0 spiro atoms. The molecule has 1 N–H and O–H groups in total. The van der Waals surface area contributed by atoms with Gasteiger partial charge in [0, 0.05) is 17.0 Å². The van der Waals surface area contributed by atoms with Crippen LogP contribution in [0.4, 0.5) is 9.52 Å². The zero-order chi connectivity index (χ0) is 16.7. The highest BCUT2D eigenvalue weighted by Crippen LogP contribution is 2.42. The highest BCUT2D eigenvalue weighted by Gasteiger charge is 2.34. The Morgan fingerprint density at radius 1 is 1.33 bits per heavy atom. The zero-order valence-electron chi connectivity index (χ0n) is 12.9. The first-order valence-corrected chi connectivity index (χ1v) is 8.39. The number of hydrogen-bond donors (Lipinski definition) is 1. The molecule has 2 aromatic heterocycles. The Bertz CT molecular complexity index is 898. The van der Waals surface area contributed by atoms with Crippen LogP contribution < -0.4 is 5.32 Å². The largest absolute Gasteiger partial charge is 0.296 e. The van der Waals surface area contributed by atoms with Gasteiger partial charge in [0.05, 0.1) is 11.4 Å². The summed E-state index contributed by atoms with van der Waals surface area (Å²) in [6.07, 6.45) is 3.69. The third kappa shape index (κ3) is 2.80. The summed E-state index contributed by atoms with van der Waals surface area (Å²) >= 11 is 1.41. The molecule has 1 aromatic carbocycles. The minimum atomic E-state index is -0.320. The first kappa shape index (κ1) is 14.9. The second kappa shape index (κ2) is 5.79. The molecule has 2 heterocycles. The molecule has 1 aliphatic carbocycles. The van der Waals surface area contributed by atoms with Crippen LogP contribution in [0.3, 0.4) is 0 Å². The number of rotatable bonds is 4. The Hall–Kier alpha value is -2.61. The Labute approximate surface area is 141 Å². The molecule has 0 saturated heterocycles. The van der Waals surface area contributed by atoms with Crippen LogP contribution in [-0.4, -0.2) is 25.9 Å². The lowest BCUT2D eigenvalue weighted by atomic mass is 10.2. The molecule has 8 heteroatoms. The average Bonchev–Trinajstić information content (AvgIpc) is 3.18. The maximum Gasteiger partial charge on any atom is 0.279 e. The van der Waals surface area contributed by atoms with Gasteiger partial charge in [0.2, 0.25) is 0 Å². The summed E-state index contributed by atoms with van der Waals surface area (Å²) in [6, 6.07) is 5.99. The number of nitrogens with zero attached hydrogens (tertiary/aromatic N) is 4. The van der Waals surface area contributed by atoms with E-state index in [2.05, 4.69) is 20.6 Å². The number of hydrogen-bond acceptors (Lipinski definition) is 5. The molecule has 6 nitrogen and oxygen atoms in total. The Kier molecular flexibility index (Phi) is 3.61. The number of amides is 1. The fourth-order valence-electron chi connectivity index (χ4n) is 2.52.